The first-order valence-corrected chi connectivity index (χ1v) is 5.84. The lowest BCUT2D eigenvalue weighted by Crippen LogP contribution is -2.46. The Morgan fingerprint density at radius 3 is 2.86 bits per heavy atom. The van der Waals surface area contributed by atoms with Crippen LogP contribution in [0.3, 0.4) is 0 Å². The lowest BCUT2D eigenvalue weighted by atomic mass is 9.87. The summed E-state index contributed by atoms with van der Waals surface area (Å²) >= 11 is 1.69. The van der Waals surface area contributed by atoms with Crippen LogP contribution in [0.2, 0.25) is 0 Å². The zero-order valence-electron chi connectivity index (χ0n) is 8.45. The van der Waals surface area contributed by atoms with E-state index >= 15 is 0 Å². The van der Waals surface area contributed by atoms with Crippen LogP contribution in [0.4, 0.5) is 0 Å². The van der Waals surface area contributed by atoms with Crippen LogP contribution >= 0.6 is 11.3 Å². The van der Waals surface area contributed by atoms with Gasteiger partial charge in [-0.2, -0.15) is 0 Å². The van der Waals surface area contributed by atoms with E-state index in [0.29, 0.717) is 0 Å². The van der Waals surface area contributed by atoms with Gasteiger partial charge >= 0.3 is 0 Å². The van der Waals surface area contributed by atoms with E-state index in [1.54, 1.807) is 11.3 Å². The zero-order chi connectivity index (χ0) is 10.0. The molecule has 2 N–H and O–H groups in total. The van der Waals surface area contributed by atoms with Gasteiger partial charge in [-0.15, -0.1) is 11.3 Å². The summed E-state index contributed by atoms with van der Waals surface area (Å²) < 4.78 is 5.31. The van der Waals surface area contributed by atoms with Crippen molar-refractivity contribution in [3.63, 3.8) is 0 Å². The van der Waals surface area contributed by atoms with Gasteiger partial charge in [-0.25, -0.2) is 4.98 Å². The molecule has 1 aliphatic rings. The Morgan fingerprint density at radius 2 is 2.29 bits per heavy atom. The van der Waals surface area contributed by atoms with E-state index in [9.17, 15) is 0 Å². The molecule has 0 unspecified atom stereocenters. The molecule has 0 bridgehead atoms. The fourth-order valence-electron chi connectivity index (χ4n) is 1.80. The highest BCUT2D eigenvalue weighted by atomic mass is 32.1. The third-order valence-corrected chi connectivity index (χ3v) is 3.51. The first-order valence-electron chi connectivity index (χ1n) is 4.96. The average molecular weight is 212 g/mol. The molecule has 3 nitrogen and oxygen atoms in total. The Hall–Kier alpha value is -0.450. The van der Waals surface area contributed by atoms with Crippen molar-refractivity contribution in [3.05, 3.63) is 16.1 Å². The highest BCUT2D eigenvalue weighted by molar-refractivity contribution is 7.09. The van der Waals surface area contributed by atoms with Crippen LogP contribution in [0.25, 0.3) is 0 Å². The molecule has 0 aliphatic carbocycles. The highest BCUT2D eigenvalue weighted by Crippen LogP contribution is 2.23. The third-order valence-electron chi connectivity index (χ3n) is 2.69. The van der Waals surface area contributed by atoms with Gasteiger partial charge in [-0.1, -0.05) is 0 Å². The van der Waals surface area contributed by atoms with Crippen molar-refractivity contribution in [2.24, 2.45) is 5.73 Å². The van der Waals surface area contributed by atoms with Gasteiger partial charge in [0.05, 0.1) is 10.7 Å². The number of thiazole rings is 1. The SMILES string of the molecule is Cc1nc(CC2(N)CCOCC2)cs1. The van der Waals surface area contributed by atoms with Crippen molar-refractivity contribution >= 4 is 11.3 Å². The molecule has 2 heterocycles. The predicted octanol–water partition coefficient (Wildman–Crippen LogP) is 1.50. The monoisotopic (exact) mass is 212 g/mol. The van der Waals surface area contributed by atoms with Crippen molar-refractivity contribution in [3.8, 4) is 0 Å². The molecule has 4 heteroatoms. The minimum atomic E-state index is -0.0846. The van der Waals surface area contributed by atoms with Gasteiger partial charge in [-0.3, -0.25) is 0 Å². The summed E-state index contributed by atoms with van der Waals surface area (Å²) in [6.07, 6.45) is 2.79. The first-order chi connectivity index (χ1) is 6.68. The lowest BCUT2D eigenvalue weighted by Gasteiger charge is -2.32. The number of hydrogen-bond donors (Lipinski definition) is 1. The van der Waals surface area contributed by atoms with Crippen molar-refractivity contribution < 1.29 is 4.74 Å². The van der Waals surface area contributed by atoms with Gasteiger partial charge in [0.2, 0.25) is 0 Å². The third kappa shape index (κ3) is 2.32. The Labute approximate surface area is 88.3 Å². The zero-order valence-corrected chi connectivity index (χ0v) is 9.27. The minimum absolute atomic E-state index is 0.0846. The molecule has 14 heavy (non-hydrogen) atoms. The summed E-state index contributed by atoms with van der Waals surface area (Å²) in [6, 6.07) is 0. The van der Waals surface area contributed by atoms with Crippen molar-refractivity contribution in [2.45, 2.75) is 31.7 Å². The molecular weight excluding hydrogens is 196 g/mol. The van der Waals surface area contributed by atoms with Crippen LogP contribution in [0.1, 0.15) is 23.5 Å². The second-order valence-corrected chi connectivity index (χ2v) is 5.07. The molecule has 0 aromatic carbocycles. The van der Waals surface area contributed by atoms with Gasteiger partial charge in [0.1, 0.15) is 0 Å². The summed E-state index contributed by atoms with van der Waals surface area (Å²) in [5, 5.41) is 3.23. The largest absolute Gasteiger partial charge is 0.381 e. The van der Waals surface area contributed by atoms with Gasteiger partial charge < -0.3 is 10.5 Å². The number of nitrogens with two attached hydrogens (primary N) is 1. The maximum atomic E-state index is 6.28. The van der Waals surface area contributed by atoms with Gasteiger partial charge in [-0.05, 0) is 19.8 Å². The van der Waals surface area contributed by atoms with Gasteiger partial charge in [0.25, 0.3) is 0 Å². The molecule has 1 saturated heterocycles. The second kappa shape index (κ2) is 3.96. The molecule has 1 aromatic rings. The molecule has 0 radical (unpaired) electrons. The molecular formula is C10H16N2OS. The van der Waals surface area contributed by atoms with Crippen LogP contribution in [-0.2, 0) is 11.2 Å². The number of rotatable bonds is 2. The van der Waals surface area contributed by atoms with E-state index in [2.05, 4.69) is 10.4 Å². The molecule has 0 atom stereocenters. The number of aryl methyl sites for hydroxylation is 1. The molecule has 1 aliphatic heterocycles. The van der Waals surface area contributed by atoms with Crippen LogP contribution in [0.15, 0.2) is 5.38 Å². The van der Waals surface area contributed by atoms with E-state index in [1.807, 2.05) is 6.92 Å². The maximum Gasteiger partial charge on any atom is 0.0897 e. The average Bonchev–Trinajstić information content (AvgIpc) is 2.51. The van der Waals surface area contributed by atoms with Crippen LogP contribution in [0, 0.1) is 6.92 Å². The molecule has 0 amide bonds. The van der Waals surface area contributed by atoms with E-state index < -0.39 is 0 Å². The standard InChI is InChI=1S/C10H16N2OS/c1-8-12-9(7-14-8)6-10(11)2-4-13-5-3-10/h7H,2-6,11H2,1H3. The summed E-state index contributed by atoms with van der Waals surface area (Å²) in [7, 11) is 0. The Balaban J connectivity index is 2.01. The Morgan fingerprint density at radius 1 is 1.57 bits per heavy atom. The first kappa shape index (κ1) is 10.1. The Kier molecular flexibility index (Phi) is 2.85. The van der Waals surface area contributed by atoms with Gasteiger partial charge in [0.15, 0.2) is 0 Å². The van der Waals surface area contributed by atoms with Crippen molar-refractivity contribution in [2.75, 3.05) is 13.2 Å². The normalized spacial score (nSPS) is 21.0. The molecule has 2 rings (SSSR count). The molecule has 1 aromatic heterocycles. The number of ether oxygens (including phenoxy) is 1. The minimum Gasteiger partial charge on any atom is -0.381 e. The quantitative estimate of drug-likeness (QED) is 0.808. The van der Waals surface area contributed by atoms with E-state index in [4.69, 9.17) is 10.5 Å². The van der Waals surface area contributed by atoms with Crippen LogP contribution in [-0.4, -0.2) is 23.7 Å². The Bertz CT molecular complexity index is 305. The fourth-order valence-corrected chi connectivity index (χ4v) is 2.42. The number of hydrogen-bond acceptors (Lipinski definition) is 4. The van der Waals surface area contributed by atoms with Crippen LogP contribution < -0.4 is 5.73 Å². The van der Waals surface area contributed by atoms with E-state index in [1.165, 1.54) is 0 Å². The lowest BCUT2D eigenvalue weighted by molar-refractivity contribution is 0.0531. The summed E-state index contributed by atoms with van der Waals surface area (Å²) in [4.78, 5) is 4.45. The van der Waals surface area contributed by atoms with Crippen LogP contribution in [0.5, 0.6) is 0 Å². The van der Waals surface area contributed by atoms with E-state index in [-0.39, 0.29) is 5.54 Å². The fraction of sp³-hybridized carbons (Fsp3) is 0.700. The molecule has 0 spiro atoms. The molecule has 0 saturated carbocycles. The summed E-state index contributed by atoms with van der Waals surface area (Å²) in [6.45, 7) is 3.61. The second-order valence-electron chi connectivity index (χ2n) is 4.01. The number of aromatic nitrogens is 1. The molecule has 78 valence electrons. The van der Waals surface area contributed by atoms with E-state index in [0.717, 1.165) is 43.2 Å². The number of nitrogens with zero attached hydrogens (tertiary/aromatic N) is 1. The molecule has 1 fully saturated rings. The maximum absolute atomic E-state index is 6.28. The van der Waals surface area contributed by atoms with Crippen molar-refractivity contribution in [1.82, 2.24) is 4.98 Å². The van der Waals surface area contributed by atoms with Gasteiger partial charge in [0, 0.05) is 30.6 Å². The highest BCUT2D eigenvalue weighted by Gasteiger charge is 2.28. The summed E-state index contributed by atoms with van der Waals surface area (Å²) in [5.74, 6) is 0. The summed E-state index contributed by atoms with van der Waals surface area (Å²) in [5.41, 5.74) is 7.34. The predicted molar refractivity (Wildman–Crippen MR) is 57.5 cm³/mol. The van der Waals surface area contributed by atoms with Crippen molar-refractivity contribution in [1.29, 1.82) is 0 Å². The topological polar surface area (TPSA) is 48.1 Å². The smallest absolute Gasteiger partial charge is 0.0897 e.